The normalized spacial score (nSPS) is 31.2. The molecule has 4 rings (SSSR count). The van der Waals surface area contributed by atoms with Crippen molar-refractivity contribution in [1.29, 1.82) is 0 Å². The summed E-state index contributed by atoms with van der Waals surface area (Å²) in [6, 6.07) is 8.77. The van der Waals surface area contributed by atoms with E-state index in [0.717, 1.165) is 38.0 Å². The quantitative estimate of drug-likeness (QED) is 0.946. The minimum Gasteiger partial charge on any atom is -0.391 e. The summed E-state index contributed by atoms with van der Waals surface area (Å²) in [4.78, 5) is 2.43. The van der Waals surface area contributed by atoms with Crippen LogP contribution in [0.25, 0.3) is 0 Å². The van der Waals surface area contributed by atoms with Gasteiger partial charge in [0.2, 0.25) is 0 Å². The minimum atomic E-state index is -0.318. The van der Waals surface area contributed by atoms with Gasteiger partial charge in [-0.3, -0.25) is 9.58 Å². The van der Waals surface area contributed by atoms with Crippen molar-refractivity contribution in [2.24, 2.45) is 11.8 Å². The van der Waals surface area contributed by atoms with Gasteiger partial charge in [0.05, 0.1) is 12.1 Å². The molecule has 2 aromatic rings. The second-order valence-electron chi connectivity index (χ2n) is 6.93. The van der Waals surface area contributed by atoms with Gasteiger partial charge in [0.25, 0.3) is 0 Å². The van der Waals surface area contributed by atoms with Crippen LogP contribution in [-0.2, 0) is 6.54 Å². The Morgan fingerprint density at radius 3 is 2.57 bits per heavy atom. The van der Waals surface area contributed by atoms with E-state index in [0.29, 0.717) is 11.8 Å². The van der Waals surface area contributed by atoms with Crippen LogP contribution < -0.4 is 0 Å². The number of halogens is 1. The molecule has 23 heavy (non-hydrogen) atoms. The SMILES string of the molecule is O[C@H]1C[C@@H]2CN(Cc3ccc(F)cc3)C[C@@H]2C[C@@H]1n1cccn1. The van der Waals surface area contributed by atoms with Crippen molar-refractivity contribution >= 4 is 0 Å². The second-order valence-corrected chi connectivity index (χ2v) is 6.93. The molecule has 5 heteroatoms. The van der Waals surface area contributed by atoms with Crippen molar-refractivity contribution in [3.63, 3.8) is 0 Å². The van der Waals surface area contributed by atoms with Crippen LogP contribution in [0.2, 0.25) is 0 Å². The lowest BCUT2D eigenvalue weighted by Gasteiger charge is -2.35. The smallest absolute Gasteiger partial charge is 0.123 e. The van der Waals surface area contributed by atoms with Crippen LogP contribution in [-0.4, -0.2) is 39.0 Å². The highest BCUT2D eigenvalue weighted by molar-refractivity contribution is 5.16. The third-order valence-corrected chi connectivity index (χ3v) is 5.37. The van der Waals surface area contributed by atoms with Gasteiger partial charge in [-0.1, -0.05) is 12.1 Å². The Kier molecular flexibility index (Phi) is 3.91. The Labute approximate surface area is 135 Å². The molecule has 1 saturated carbocycles. The molecule has 2 heterocycles. The van der Waals surface area contributed by atoms with Crippen molar-refractivity contribution in [3.8, 4) is 0 Å². The van der Waals surface area contributed by atoms with Crippen molar-refractivity contribution in [2.45, 2.75) is 31.5 Å². The van der Waals surface area contributed by atoms with Crippen molar-refractivity contribution in [3.05, 3.63) is 54.1 Å². The number of rotatable bonds is 3. The summed E-state index contributed by atoms with van der Waals surface area (Å²) < 4.78 is 14.9. The number of hydrogen-bond acceptors (Lipinski definition) is 3. The maximum absolute atomic E-state index is 13.0. The van der Waals surface area contributed by atoms with Crippen LogP contribution >= 0.6 is 0 Å². The van der Waals surface area contributed by atoms with Gasteiger partial charge < -0.3 is 5.11 Å². The number of benzene rings is 1. The second kappa shape index (κ2) is 6.06. The summed E-state index contributed by atoms with van der Waals surface area (Å²) in [6.07, 6.45) is 5.22. The van der Waals surface area contributed by atoms with E-state index < -0.39 is 0 Å². The summed E-state index contributed by atoms with van der Waals surface area (Å²) in [7, 11) is 0. The lowest BCUT2D eigenvalue weighted by Crippen LogP contribution is -2.36. The Morgan fingerprint density at radius 1 is 1.13 bits per heavy atom. The van der Waals surface area contributed by atoms with E-state index in [2.05, 4.69) is 10.00 Å². The molecule has 0 amide bonds. The summed E-state index contributed by atoms with van der Waals surface area (Å²) in [5, 5.41) is 14.8. The van der Waals surface area contributed by atoms with Crippen molar-refractivity contribution < 1.29 is 9.50 Å². The van der Waals surface area contributed by atoms with E-state index in [-0.39, 0.29) is 18.0 Å². The minimum absolute atomic E-state index is 0.0945. The van der Waals surface area contributed by atoms with Gasteiger partial charge in [-0.2, -0.15) is 5.10 Å². The molecule has 2 fully saturated rings. The number of fused-ring (bicyclic) bond motifs is 1. The molecule has 1 aromatic heterocycles. The van der Waals surface area contributed by atoms with E-state index in [4.69, 9.17) is 0 Å². The Balaban J connectivity index is 1.42. The first-order valence-corrected chi connectivity index (χ1v) is 8.33. The largest absolute Gasteiger partial charge is 0.391 e. The van der Waals surface area contributed by atoms with E-state index in [9.17, 15) is 9.50 Å². The molecule has 0 bridgehead atoms. The summed E-state index contributed by atoms with van der Waals surface area (Å²) >= 11 is 0. The predicted molar refractivity (Wildman–Crippen MR) is 85.2 cm³/mol. The van der Waals surface area contributed by atoms with E-state index in [1.54, 1.807) is 6.20 Å². The summed E-state index contributed by atoms with van der Waals surface area (Å²) in [5.41, 5.74) is 1.15. The van der Waals surface area contributed by atoms with E-state index >= 15 is 0 Å². The van der Waals surface area contributed by atoms with Crippen molar-refractivity contribution in [2.75, 3.05) is 13.1 Å². The fourth-order valence-corrected chi connectivity index (χ4v) is 4.24. The molecular formula is C18H22FN3O. The topological polar surface area (TPSA) is 41.3 Å². The van der Waals surface area contributed by atoms with Gasteiger partial charge in [-0.15, -0.1) is 0 Å². The van der Waals surface area contributed by atoms with Crippen LogP contribution in [0.4, 0.5) is 4.39 Å². The lowest BCUT2D eigenvalue weighted by atomic mass is 9.77. The first-order chi connectivity index (χ1) is 11.2. The highest BCUT2D eigenvalue weighted by Gasteiger charge is 2.42. The molecule has 0 radical (unpaired) electrons. The van der Waals surface area contributed by atoms with Gasteiger partial charge in [-0.25, -0.2) is 4.39 Å². The maximum atomic E-state index is 13.0. The van der Waals surface area contributed by atoms with Gasteiger partial charge in [0.15, 0.2) is 0 Å². The molecule has 4 nitrogen and oxygen atoms in total. The molecule has 1 aliphatic heterocycles. The molecule has 1 saturated heterocycles. The van der Waals surface area contributed by atoms with E-state index in [1.165, 1.54) is 12.1 Å². The first-order valence-electron chi connectivity index (χ1n) is 8.33. The van der Waals surface area contributed by atoms with Gasteiger partial charge in [0, 0.05) is 32.0 Å². The first kappa shape index (κ1) is 14.8. The van der Waals surface area contributed by atoms with Crippen LogP contribution in [0, 0.1) is 17.7 Å². The summed E-state index contributed by atoms with van der Waals surface area (Å²) in [6.45, 7) is 2.92. The number of aromatic nitrogens is 2. The van der Waals surface area contributed by atoms with Crippen molar-refractivity contribution in [1.82, 2.24) is 14.7 Å². The highest BCUT2D eigenvalue weighted by Crippen LogP contribution is 2.41. The molecule has 4 atom stereocenters. The molecule has 1 N–H and O–H groups in total. The number of nitrogens with zero attached hydrogens (tertiary/aromatic N) is 3. The lowest BCUT2D eigenvalue weighted by molar-refractivity contribution is 0.0306. The van der Waals surface area contributed by atoms with Gasteiger partial charge >= 0.3 is 0 Å². The zero-order valence-electron chi connectivity index (χ0n) is 13.1. The summed E-state index contributed by atoms with van der Waals surface area (Å²) in [5.74, 6) is 0.972. The predicted octanol–water partition coefficient (Wildman–Crippen LogP) is 2.47. The van der Waals surface area contributed by atoms with Crippen LogP contribution in [0.3, 0.4) is 0 Å². The Bertz CT molecular complexity index is 643. The average molecular weight is 315 g/mol. The number of hydrogen-bond donors (Lipinski definition) is 1. The fourth-order valence-electron chi connectivity index (χ4n) is 4.24. The van der Waals surface area contributed by atoms with Crippen LogP contribution in [0.15, 0.2) is 42.7 Å². The zero-order valence-corrected chi connectivity index (χ0v) is 13.1. The van der Waals surface area contributed by atoms with Gasteiger partial charge in [-0.05, 0) is 48.4 Å². The maximum Gasteiger partial charge on any atom is 0.123 e. The molecule has 1 aromatic carbocycles. The molecule has 1 aliphatic carbocycles. The van der Waals surface area contributed by atoms with Crippen LogP contribution in [0.1, 0.15) is 24.4 Å². The average Bonchev–Trinajstić information content (AvgIpc) is 3.17. The number of likely N-dealkylation sites (tertiary alicyclic amines) is 1. The number of aliphatic hydroxyl groups excluding tert-OH is 1. The third kappa shape index (κ3) is 3.03. The molecular weight excluding hydrogens is 293 g/mol. The highest BCUT2D eigenvalue weighted by atomic mass is 19.1. The van der Waals surface area contributed by atoms with Gasteiger partial charge in [0.1, 0.15) is 5.82 Å². The molecule has 2 aliphatic rings. The number of aliphatic hydroxyl groups is 1. The standard InChI is InChI=1S/C18H22FN3O/c19-16-4-2-13(3-5-16)10-21-11-14-8-17(22-7-1-6-20-22)18(23)9-15(14)12-21/h1-7,14-15,17-18,23H,8-12H2/t14-,15+,17-,18-/m0/s1. The molecule has 0 spiro atoms. The fraction of sp³-hybridized carbons (Fsp3) is 0.500. The zero-order chi connectivity index (χ0) is 15.8. The molecule has 0 unspecified atom stereocenters. The van der Waals surface area contributed by atoms with E-state index in [1.807, 2.05) is 29.1 Å². The third-order valence-electron chi connectivity index (χ3n) is 5.37. The monoisotopic (exact) mass is 315 g/mol. The molecule has 122 valence electrons. The Hall–Kier alpha value is -1.72. The van der Waals surface area contributed by atoms with Crippen LogP contribution in [0.5, 0.6) is 0 Å². The Morgan fingerprint density at radius 2 is 1.87 bits per heavy atom.